The number of carbonyl (C=O) groups excluding carboxylic acids is 1. The van der Waals surface area contributed by atoms with Crippen molar-refractivity contribution in [3.05, 3.63) is 58.5 Å². The lowest BCUT2D eigenvalue weighted by Gasteiger charge is -2.00. The number of amides is 1. The van der Waals surface area contributed by atoms with Gasteiger partial charge in [0.1, 0.15) is 0 Å². The second-order valence-corrected chi connectivity index (χ2v) is 3.12. The van der Waals surface area contributed by atoms with Crippen molar-refractivity contribution in [1.82, 2.24) is 0 Å². The van der Waals surface area contributed by atoms with Gasteiger partial charge in [0, 0.05) is 4.91 Å². The third-order valence-corrected chi connectivity index (χ3v) is 2.04. The summed E-state index contributed by atoms with van der Waals surface area (Å²) in [7, 11) is 0. The van der Waals surface area contributed by atoms with E-state index in [1.54, 1.807) is 0 Å². The molecular formula is C7H2N6O7. The van der Waals surface area contributed by atoms with Gasteiger partial charge in [-0.3, -0.25) is 35.1 Å². The van der Waals surface area contributed by atoms with Crippen molar-refractivity contribution in [3.63, 3.8) is 0 Å². The van der Waals surface area contributed by atoms with Crippen LogP contribution in [0, 0.1) is 30.3 Å². The van der Waals surface area contributed by atoms with Crippen LogP contribution in [0.1, 0.15) is 10.4 Å². The Morgan fingerprint density at radius 2 is 1.50 bits per heavy atom. The smallest absolute Gasteiger partial charge is 0.286 e. The van der Waals surface area contributed by atoms with Gasteiger partial charge in [-0.1, -0.05) is 0 Å². The van der Waals surface area contributed by atoms with Crippen LogP contribution in [-0.4, -0.2) is 20.7 Å². The van der Waals surface area contributed by atoms with Gasteiger partial charge in [-0.25, -0.2) is 0 Å². The molecule has 13 nitrogen and oxygen atoms in total. The predicted molar refractivity (Wildman–Crippen MR) is 59.9 cm³/mol. The molecule has 1 aromatic rings. The number of azide groups is 1. The summed E-state index contributed by atoms with van der Waals surface area (Å²) in [5.74, 6) is -1.58. The highest BCUT2D eigenvalue weighted by molar-refractivity contribution is 6.03. The van der Waals surface area contributed by atoms with Gasteiger partial charge in [0.25, 0.3) is 23.0 Å². The average molecular weight is 282 g/mol. The first-order chi connectivity index (χ1) is 9.29. The van der Waals surface area contributed by atoms with Crippen molar-refractivity contribution in [1.29, 1.82) is 0 Å². The van der Waals surface area contributed by atoms with Crippen LogP contribution in [0.3, 0.4) is 0 Å². The molecule has 0 unspecified atom stereocenters. The molecule has 0 aromatic heterocycles. The second-order valence-electron chi connectivity index (χ2n) is 3.12. The topological polar surface area (TPSA) is 195 Å². The maximum absolute atomic E-state index is 11.4. The minimum Gasteiger partial charge on any atom is -0.286 e. The number of rotatable bonds is 4. The summed E-state index contributed by atoms with van der Waals surface area (Å²) in [5, 5.41) is 34.6. The second kappa shape index (κ2) is 5.36. The summed E-state index contributed by atoms with van der Waals surface area (Å²) in [6, 6.07) is 0.736. The fraction of sp³-hybridized carbons (Fsp3) is 0. The van der Waals surface area contributed by atoms with Gasteiger partial charge in [-0.05, 0) is 10.6 Å². The van der Waals surface area contributed by atoms with E-state index in [0.29, 0.717) is 12.1 Å². The number of hydrogen-bond donors (Lipinski definition) is 0. The molecule has 0 heterocycles. The lowest BCUT2D eigenvalue weighted by Crippen LogP contribution is -2.07. The number of carbonyl (C=O) groups is 1. The van der Waals surface area contributed by atoms with E-state index in [9.17, 15) is 35.1 Å². The van der Waals surface area contributed by atoms with Crippen LogP contribution < -0.4 is 0 Å². The molecule has 1 aromatic carbocycles. The Balaban J connectivity index is 3.81. The van der Waals surface area contributed by atoms with Crippen molar-refractivity contribution in [2.45, 2.75) is 0 Å². The molecule has 0 radical (unpaired) electrons. The quantitative estimate of drug-likeness (QED) is 0.264. The van der Waals surface area contributed by atoms with Gasteiger partial charge >= 0.3 is 0 Å². The number of nitro benzene ring substituents is 3. The Morgan fingerprint density at radius 3 is 1.80 bits per heavy atom. The van der Waals surface area contributed by atoms with Crippen LogP contribution in [0.5, 0.6) is 0 Å². The highest BCUT2D eigenvalue weighted by Gasteiger charge is 2.34. The minimum atomic E-state index is -1.58. The van der Waals surface area contributed by atoms with E-state index in [1.807, 2.05) is 0 Å². The van der Waals surface area contributed by atoms with Crippen LogP contribution in [0.4, 0.5) is 17.1 Å². The molecule has 0 N–H and O–H groups in total. The molecule has 102 valence electrons. The highest BCUT2D eigenvalue weighted by Crippen LogP contribution is 2.34. The minimum absolute atomic E-state index is 0.368. The molecule has 20 heavy (non-hydrogen) atoms. The monoisotopic (exact) mass is 282 g/mol. The predicted octanol–water partition coefficient (Wildman–Crippen LogP) is 1.86. The summed E-state index contributed by atoms with van der Waals surface area (Å²) in [6.45, 7) is 0. The summed E-state index contributed by atoms with van der Waals surface area (Å²) >= 11 is 0. The van der Waals surface area contributed by atoms with E-state index in [0.717, 1.165) is 0 Å². The summed E-state index contributed by atoms with van der Waals surface area (Å²) in [6.07, 6.45) is 0. The molecule has 0 saturated heterocycles. The van der Waals surface area contributed by atoms with Gasteiger partial charge < -0.3 is 0 Å². The Morgan fingerprint density at radius 1 is 1.05 bits per heavy atom. The van der Waals surface area contributed by atoms with Crippen LogP contribution in [0.25, 0.3) is 10.4 Å². The number of non-ortho nitro benzene ring substituents is 1. The summed E-state index contributed by atoms with van der Waals surface area (Å²) < 4.78 is 0. The fourth-order valence-electron chi connectivity index (χ4n) is 1.30. The Kier molecular flexibility index (Phi) is 3.88. The molecule has 0 saturated carbocycles. The third-order valence-electron chi connectivity index (χ3n) is 2.04. The van der Waals surface area contributed by atoms with Gasteiger partial charge in [0.2, 0.25) is 0 Å². The molecule has 0 spiro atoms. The van der Waals surface area contributed by atoms with Crippen LogP contribution in [0.15, 0.2) is 17.2 Å². The molecule has 0 bridgehead atoms. The van der Waals surface area contributed by atoms with E-state index < -0.39 is 43.3 Å². The van der Waals surface area contributed by atoms with Crippen molar-refractivity contribution in [2.75, 3.05) is 0 Å². The zero-order valence-corrected chi connectivity index (χ0v) is 9.20. The number of benzene rings is 1. The largest absolute Gasteiger partial charge is 0.294 e. The Hall–Kier alpha value is -3.60. The maximum atomic E-state index is 11.4. The maximum Gasteiger partial charge on any atom is 0.294 e. The lowest BCUT2D eigenvalue weighted by atomic mass is 10.1. The zero-order chi connectivity index (χ0) is 15.4. The molecule has 1 rings (SSSR count). The van der Waals surface area contributed by atoms with Crippen LogP contribution in [-0.2, 0) is 0 Å². The van der Waals surface area contributed by atoms with E-state index in [2.05, 4.69) is 10.0 Å². The third kappa shape index (κ3) is 2.62. The molecule has 0 fully saturated rings. The standard InChI is InChI=1S/C7H2N6O7/c8-10-9-7(14)6-4(12(17)18)1-3(11(15)16)2-5(6)13(19)20/h1-2H. The molecule has 1 amide bonds. The molecule has 13 heteroatoms. The average Bonchev–Trinajstić information content (AvgIpc) is 2.36. The molecule has 0 aliphatic heterocycles. The van der Waals surface area contributed by atoms with E-state index >= 15 is 0 Å². The van der Waals surface area contributed by atoms with Crippen LogP contribution >= 0.6 is 0 Å². The van der Waals surface area contributed by atoms with Crippen molar-refractivity contribution in [3.8, 4) is 0 Å². The van der Waals surface area contributed by atoms with Gasteiger partial charge in [-0.2, -0.15) is 0 Å². The molecular weight excluding hydrogens is 280 g/mol. The normalized spacial score (nSPS) is 9.40. The van der Waals surface area contributed by atoms with Crippen LogP contribution in [0.2, 0.25) is 0 Å². The van der Waals surface area contributed by atoms with Crippen molar-refractivity contribution in [2.24, 2.45) is 5.11 Å². The SMILES string of the molecule is [N-]=[N+]=NC(=O)c1c([N+](=O)[O-])cc([N+](=O)[O-])cc1[N+](=O)[O-]. The molecule has 0 aliphatic rings. The van der Waals surface area contributed by atoms with E-state index in [4.69, 9.17) is 5.53 Å². The molecule has 0 aliphatic carbocycles. The number of nitrogens with zero attached hydrogens (tertiary/aromatic N) is 6. The summed E-state index contributed by atoms with van der Waals surface area (Å²) in [4.78, 5) is 42.0. The first kappa shape index (κ1) is 14.5. The molecule has 0 atom stereocenters. The van der Waals surface area contributed by atoms with Gasteiger partial charge in [0.15, 0.2) is 5.56 Å². The number of hydrogen-bond acceptors (Lipinski definition) is 7. The first-order valence-corrected chi connectivity index (χ1v) is 4.50. The fourth-order valence-corrected chi connectivity index (χ4v) is 1.30. The zero-order valence-electron chi connectivity index (χ0n) is 9.20. The Labute approximate surface area is 107 Å². The highest BCUT2D eigenvalue weighted by atomic mass is 16.6. The van der Waals surface area contributed by atoms with Gasteiger partial charge in [0.05, 0.1) is 26.9 Å². The first-order valence-electron chi connectivity index (χ1n) is 4.50. The van der Waals surface area contributed by atoms with E-state index in [-0.39, 0.29) is 0 Å². The van der Waals surface area contributed by atoms with Gasteiger partial charge in [-0.15, -0.1) is 0 Å². The van der Waals surface area contributed by atoms with E-state index in [1.165, 1.54) is 0 Å². The van der Waals surface area contributed by atoms with Crippen molar-refractivity contribution >= 4 is 23.0 Å². The van der Waals surface area contributed by atoms with Crippen molar-refractivity contribution < 1.29 is 19.6 Å². The lowest BCUT2D eigenvalue weighted by molar-refractivity contribution is -0.403. The number of nitro groups is 3. The Bertz CT molecular complexity index is 656. The summed E-state index contributed by atoms with van der Waals surface area (Å²) in [5.41, 5.74) is 3.64.